The van der Waals surface area contributed by atoms with Crippen molar-refractivity contribution in [2.24, 2.45) is 0 Å². The zero-order valence-corrected chi connectivity index (χ0v) is 15.5. The van der Waals surface area contributed by atoms with Gasteiger partial charge in [-0.15, -0.1) is 0 Å². The largest absolute Gasteiger partial charge is 0.422 e. The summed E-state index contributed by atoms with van der Waals surface area (Å²) >= 11 is 0. The summed E-state index contributed by atoms with van der Waals surface area (Å²) in [6.45, 7) is 6.16. The van der Waals surface area contributed by atoms with Gasteiger partial charge in [0.25, 0.3) is 11.8 Å². The fraction of sp³-hybridized carbons (Fsp3) is 0.450. The number of unbranched alkanes of at least 4 members (excludes halogenated alkanes) is 2. The van der Waals surface area contributed by atoms with Gasteiger partial charge in [0.1, 0.15) is 11.1 Å². The predicted molar refractivity (Wildman–Crippen MR) is 101 cm³/mol. The van der Waals surface area contributed by atoms with Crippen LogP contribution in [0.2, 0.25) is 0 Å². The molecule has 2 heterocycles. The number of hydrogen-bond acceptors (Lipinski definition) is 5. The second-order valence-corrected chi connectivity index (χ2v) is 6.68. The third-order valence-electron chi connectivity index (χ3n) is 4.86. The molecule has 0 saturated heterocycles. The molecule has 0 radical (unpaired) electrons. The van der Waals surface area contributed by atoms with E-state index in [9.17, 15) is 14.4 Å². The minimum atomic E-state index is -0.749. The summed E-state index contributed by atoms with van der Waals surface area (Å²) in [4.78, 5) is 40.0. The van der Waals surface area contributed by atoms with Gasteiger partial charge >= 0.3 is 5.63 Å². The van der Waals surface area contributed by atoms with Crippen molar-refractivity contribution in [1.82, 2.24) is 4.90 Å². The lowest BCUT2D eigenvalue weighted by Crippen LogP contribution is -2.25. The average molecular weight is 356 g/mol. The van der Waals surface area contributed by atoms with Crippen molar-refractivity contribution in [1.29, 1.82) is 0 Å². The number of anilines is 1. The number of carbonyl (C=O) groups excluding carboxylic acids is 2. The van der Waals surface area contributed by atoms with Crippen molar-refractivity contribution in [2.45, 2.75) is 39.5 Å². The van der Waals surface area contributed by atoms with Gasteiger partial charge in [0.05, 0.1) is 5.56 Å². The summed E-state index contributed by atoms with van der Waals surface area (Å²) in [6.07, 6.45) is 4.35. The number of carbonyl (C=O) groups is 2. The summed E-state index contributed by atoms with van der Waals surface area (Å²) in [6, 6.07) is 5.52. The SMILES string of the molecule is CCCCN(CCCC)c1ccc2c3c(c(=O)oc2c1)C(=O)N(C)C3=O. The molecule has 1 aliphatic rings. The Bertz CT molecular complexity index is 908. The summed E-state index contributed by atoms with van der Waals surface area (Å²) in [7, 11) is 1.38. The van der Waals surface area contributed by atoms with Crippen LogP contribution in [0.5, 0.6) is 0 Å². The van der Waals surface area contributed by atoms with Crippen molar-refractivity contribution >= 4 is 28.5 Å². The van der Waals surface area contributed by atoms with Crippen LogP contribution in [0.4, 0.5) is 5.69 Å². The van der Waals surface area contributed by atoms with Crippen LogP contribution in [0.25, 0.3) is 11.0 Å². The topological polar surface area (TPSA) is 70.8 Å². The average Bonchev–Trinajstić information content (AvgIpc) is 2.86. The van der Waals surface area contributed by atoms with Crippen molar-refractivity contribution in [2.75, 3.05) is 25.0 Å². The van der Waals surface area contributed by atoms with Gasteiger partial charge in [-0.3, -0.25) is 14.5 Å². The van der Waals surface area contributed by atoms with E-state index in [1.54, 1.807) is 12.1 Å². The summed E-state index contributed by atoms with van der Waals surface area (Å²) in [5.41, 5.74) is 0.560. The quantitative estimate of drug-likeness (QED) is 0.561. The van der Waals surface area contributed by atoms with E-state index in [2.05, 4.69) is 18.7 Å². The van der Waals surface area contributed by atoms with E-state index in [0.29, 0.717) is 11.0 Å². The minimum Gasteiger partial charge on any atom is -0.422 e. The molecule has 1 aromatic heterocycles. The van der Waals surface area contributed by atoms with Gasteiger partial charge < -0.3 is 9.32 Å². The van der Waals surface area contributed by atoms with E-state index in [1.165, 1.54) is 7.05 Å². The molecule has 26 heavy (non-hydrogen) atoms. The molecule has 0 bridgehead atoms. The molecule has 1 aromatic carbocycles. The molecule has 0 aliphatic carbocycles. The van der Waals surface area contributed by atoms with Crippen LogP contribution >= 0.6 is 0 Å². The normalized spacial score (nSPS) is 13.6. The Morgan fingerprint density at radius 2 is 1.58 bits per heavy atom. The maximum Gasteiger partial charge on any atom is 0.350 e. The van der Waals surface area contributed by atoms with E-state index in [4.69, 9.17) is 4.42 Å². The Morgan fingerprint density at radius 1 is 0.962 bits per heavy atom. The summed E-state index contributed by atoms with van der Waals surface area (Å²) in [5, 5.41) is 0.511. The zero-order chi connectivity index (χ0) is 18.8. The maximum atomic E-state index is 12.4. The van der Waals surface area contributed by atoms with Crippen molar-refractivity contribution in [3.8, 4) is 0 Å². The van der Waals surface area contributed by atoms with E-state index in [0.717, 1.165) is 49.4 Å². The van der Waals surface area contributed by atoms with Crippen molar-refractivity contribution in [3.63, 3.8) is 0 Å². The van der Waals surface area contributed by atoms with Crippen LogP contribution in [0.1, 0.15) is 60.2 Å². The van der Waals surface area contributed by atoms with Crippen LogP contribution < -0.4 is 10.5 Å². The van der Waals surface area contributed by atoms with E-state index in [1.807, 2.05) is 6.07 Å². The number of amides is 2. The van der Waals surface area contributed by atoms with Crippen LogP contribution in [-0.4, -0.2) is 36.9 Å². The second kappa shape index (κ2) is 7.32. The van der Waals surface area contributed by atoms with Gasteiger partial charge in [-0.2, -0.15) is 0 Å². The number of nitrogens with zero attached hydrogens (tertiary/aromatic N) is 2. The molecule has 6 nitrogen and oxygen atoms in total. The monoisotopic (exact) mass is 356 g/mol. The minimum absolute atomic E-state index is 0.156. The molecule has 0 unspecified atom stereocenters. The van der Waals surface area contributed by atoms with Gasteiger partial charge in [-0.1, -0.05) is 26.7 Å². The van der Waals surface area contributed by atoms with Gasteiger partial charge in [-0.25, -0.2) is 4.79 Å². The third-order valence-corrected chi connectivity index (χ3v) is 4.86. The molecule has 6 heteroatoms. The highest BCUT2D eigenvalue weighted by Crippen LogP contribution is 2.30. The third kappa shape index (κ3) is 3.00. The first-order chi connectivity index (χ1) is 12.5. The zero-order valence-electron chi connectivity index (χ0n) is 15.5. The highest BCUT2D eigenvalue weighted by Gasteiger charge is 2.38. The standard InChI is InChI=1S/C20H24N2O4/c1-4-6-10-22(11-7-5-2)13-8-9-14-15(12-13)26-20(25)17-16(14)18(23)21(3)19(17)24/h8-9,12H,4-7,10-11H2,1-3H3. The molecule has 2 aromatic rings. The molecular formula is C20H24N2O4. The molecule has 2 amide bonds. The van der Waals surface area contributed by atoms with Crippen molar-refractivity contribution < 1.29 is 14.0 Å². The highest BCUT2D eigenvalue weighted by molar-refractivity contribution is 6.25. The van der Waals surface area contributed by atoms with Gasteiger partial charge in [0.15, 0.2) is 0 Å². The summed E-state index contributed by atoms with van der Waals surface area (Å²) in [5.74, 6) is -1.05. The molecule has 0 N–H and O–H groups in total. The van der Waals surface area contributed by atoms with Crippen LogP contribution in [-0.2, 0) is 0 Å². The maximum absolute atomic E-state index is 12.4. The Kier molecular flexibility index (Phi) is 5.11. The first-order valence-corrected chi connectivity index (χ1v) is 9.17. The van der Waals surface area contributed by atoms with Crippen molar-refractivity contribution in [3.05, 3.63) is 39.7 Å². The number of rotatable bonds is 7. The fourth-order valence-electron chi connectivity index (χ4n) is 3.30. The van der Waals surface area contributed by atoms with Gasteiger partial charge in [0.2, 0.25) is 0 Å². The van der Waals surface area contributed by atoms with E-state index >= 15 is 0 Å². The molecule has 138 valence electrons. The molecule has 0 spiro atoms. The second-order valence-electron chi connectivity index (χ2n) is 6.68. The Hall–Kier alpha value is -2.63. The summed E-state index contributed by atoms with van der Waals surface area (Å²) < 4.78 is 5.39. The molecule has 3 rings (SSSR count). The van der Waals surface area contributed by atoms with Crippen LogP contribution in [0.15, 0.2) is 27.4 Å². The first-order valence-electron chi connectivity index (χ1n) is 9.17. The van der Waals surface area contributed by atoms with Gasteiger partial charge in [-0.05, 0) is 25.0 Å². The number of benzene rings is 1. The lowest BCUT2D eigenvalue weighted by atomic mass is 10.1. The molecule has 0 atom stereocenters. The van der Waals surface area contributed by atoms with Gasteiger partial charge in [0, 0.05) is 37.3 Å². The molecule has 0 fully saturated rings. The van der Waals surface area contributed by atoms with E-state index < -0.39 is 17.4 Å². The molecule has 1 aliphatic heterocycles. The van der Waals surface area contributed by atoms with E-state index in [-0.39, 0.29) is 11.1 Å². The molecule has 0 saturated carbocycles. The first kappa shape index (κ1) is 18.2. The smallest absolute Gasteiger partial charge is 0.350 e. The highest BCUT2D eigenvalue weighted by atomic mass is 16.4. The predicted octanol–water partition coefficient (Wildman–Crippen LogP) is 3.43. The van der Waals surface area contributed by atoms with Crippen LogP contribution in [0.3, 0.4) is 0 Å². The van der Waals surface area contributed by atoms with Crippen LogP contribution in [0, 0.1) is 0 Å². The fourth-order valence-corrected chi connectivity index (χ4v) is 3.30. The Labute approximate surface area is 152 Å². The Morgan fingerprint density at radius 3 is 2.19 bits per heavy atom. The number of imide groups is 1. The lowest BCUT2D eigenvalue weighted by Gasteiger charge is -2.25. The lowest BCUT2D eigenvalue weighted by molar-refractivity contribution is 0.0693. The Balaban J connectivity index is 2.09. The molecular weight excluding hydrogens is 332 g/mol. The number of fused-ring (bicyclic) bond motifs is 3. The number of hydrogen-bond donors (Lipinski definition) is 0.